The first-order chi connectivity index (χ1) is 8.00. The first-order valence-corrected chi connectivity index (χ1v) is 7.13. The predicted octanol–water partition coefficient (Wildman–Crippen LogP) is 1.42. The molecule has 17 heavy (non-hydrogen) atoms. The average molecular weight is 255 g/mol. The van der Waals surface area contributed by atoms with Gasteiger partial charge >= 0.3 is 5.97 Å². The van der Waals surface area contributed by atoms with E-state index in [9.17, 15) is 13.2 Å². The highest BCUT2D eigenvalue weighted by molar-refractivity contribution is 7.91. The minimum Gasteiger partial charge on any atom is -0.478 e. The molecule has 1 aliphatic rings. The zero-order valence-corrected chi connectivity index (χ0v) is 9.98. The maximum absolute atomic E-state index is 11.8. The monoisotopic (exact) mass is 255 g/mol. The summed E-state index contributed by atoms with van der Waals surface area (Å²) in [5.41, 5.74) is 0.525. The fourth-order valence-corrected chi connectivity index (χ4v) is 3.93. The molecule has 1 N–H and O–H groups in total. The number of hydrogen-bond acceptors (Lipinski definition) is 4. The van der Waals surface area contributed by atoms with Gasteiger partial charge in [-0.15, -0.1) is 0 Å². The van der Waals surface area contributed by atoms with Gasteiger partial charge in [-0.2, -0.15) is 0 Å². The Morgan fingerprint density at radius 1 is 1.35 bits per heavy atom. The molecular weight excluding hydrogens is 242 g/mol. The van der Waals surface area contributed by atoms with Crippen LogP contribution in [0.25, 0.3) is 0 Å². The number of pyridine rings is 1. The van der Waals surface area contributed by atoms with E-state index in [1.165, 1.54) is 18.3 Å². The lowest BCUT2D eigenvalue weighted by Crippen LogP contribution is -2.22. The molecule has 0 amide bonds. The van der Waals surface area contributed by atoms with Gasteiger partial charge in [0, 0.05) is 6.20 Å². The Kier molecular flexibility index (Phi) is 3.15. The van der Waals surface area contributed by atoms with Gasteiger partial charge in [-0.3, -0.25) is 4.98 Å². The molecule has 2 rings (SSSR count). The Morgan fingerprint density at radius 2 is 2.12 bits per heavy atom. The second-order valence-electron chi connectivity index (χ2n) is 4.13. The maximum Gasteiger partial charge on any atom is 0.337 e. The number of rotatable bonds is 2. The van der Waals surface area contributed by atoms with E-state index in [-0.39, 0.29) is 11.3 Å². The van der Waals surface area contributed by atoms with Crippen LogP contribution in [0.5, 0.6) is 0 Å². The molecule has 1 atom stereocenters. The molecule has 1 saturated heterocycles. The number of carbonyl (C=O) groups is 1. The largest absolute Gasteiger partial charge is 0.478 e. The van der Waals surface area contributed by atoms with Crippen LogP contribution in [0.1, 0.15) is 40.6 Å². The Hall–Kier alpha value is -1.43. The van der Waals surface area contributed by atoms with Gasteiger partial charge in [-0.25, -0.2) is 13.2 Å². The summed E-state index contributed by atoms with van der Waals surface area (Å²) < 4.78 is 23.7. The number of sulfone groups is 1. The van der Waals surface area contributed by atoms with Gasteiger partial charge in [-0.05, 0) is 25.0 Å². The van der Waals surface area contributed by atoms with E-state index in [4.69, 9.17) is 5.11 Å². The van der Waals surface area contributed by atoms with E-state index < -0.39 is 21.1 Å². The Balaban J connectivity index is 2.30. The van der Waals surface area contributed by atoms with Crippen molar-refractivity contribution in [1.82, 2.24) is 4.98 Å². The standard InChI is InChI=1S/C11H13NO4S/c13-11(14)8-4-5-9(12-7-8)10-3-1-2-6-17(10,15)16/h4-5,7,10H,1-3,6H2,(H,13,14). The van der Waals surface area contributed by atoms with Crippen LogP contribution >= 0.6 is 0 Å². The van der Waals surface area contributed by atoms with Gasteiger partial charge < -0.3 is 5.11 Å². The summed E-state index contributed by atoms with van der Waals surface area (Å²) in [6, 6.07) is 2.89. The second kappa shape index (κ2) is 4.44. The van der Waals surface area contributed by atoms with E-state index in [0.717, 1.165) is 6.42 Å². The van der Waals surface area contributed by atoms with Crippen molar-refractivity contribution >= 4 is 15.8 Å². The SMILES string of the molecule is O=C(O)c1ccc(C2CCCCS2(=O)=O)nc1. The first kappa shape index (κ1) is 12.0. The van der Waals surface area contributed by atoms with Gasteiger partial charge in [0.05, 0.1) is 17.0 Å². The lowest BCUT2D eigenvalue weighted by Gasteiger charge is -2.21. The van der Waals surface area contributed by atoms with Gasteiger partial charge in [0.15, 0.2) is 9.84 Å². The van der Waals surface area contributed by atoms with Crippen molar-refractivity contribution in [2.24, 2.45) is 0 Å². The summed E-state index contributed by atoms with van der Waals surface area (Å²) in [6.45, 7) is 0. The van der Waals surface area contributed by atoms with Crippen LogP contribution in [-0.4, -0.2) is 30.2 Å². The second-order valence-corrected chi connectivity index (χ2v) is 6.43. The number of hydrogen-bond donors (Lipinski definition) is 1. The summed E-state index contributed by atoms with van der Waals surface area (Å²) in [4.78, 5) is 14.6. The van der Waals surface area contributed by atoms with Crippen molar-refractivity contribution in [3.05, 3.63) is 29.6 Å². The van der Waals surface area contributed by atoms with Crippen LogP contribution in [-0.2, 0) is 9.84 Å². The molecular formula is C11H13NO4S. The number of aromatic carboxylic acids is 1. The number of nitrogens with zero attached hydrogens (tertiary/aromatic N) is 1. The minimum absolute atomic E-state index is 0.0713. The minimum atomic E-state index is -3.12. The molecule has 1 aliphatic heterocycles. The predicted molar refractivity (Wildman–Crippen MR) is 61.6 cm³/mol. The van der Waals surface area contributed by atoms with Crippen LogP contribution in [0.2, 0.25) is 0 Å². The average Bonchev–Trinajstić information content (AvgIpc) is 2.28. The molecule has 0 bridgehead atoms. The topological polar surface area (TPSA) is 84.3 Å². The van der Waals surface area contributed by atoms with E-state index in [1.807, 2.05) is 0 Å². The smallest absolute Gasteiger partial charge is 0.337 e. The van der Waals surface area contributed by atoms with Crippen molar-refractivity contribution in [3.8, 4) is 0 Å². The molecule has 0 spiro atoms. The molecule has 1 aromatic heterocycles. The summed E-state index contributed by atoms with van der Waals surface area (Å²) in [7, 11) is -3.12. The van der Waals surface area contributed by atoms with Crippen LogP contribution < -0.4 is 0 Å². The van der Waals surface area contributed by atoms with Crippen molar-refractivity contribution in [2.75, 3.05) is 5.75 Å². The Morgan fingerprint density at radius 3 is 2.65 bits per heavy atom. The maximum atomic E-state index is 11.8. The Labute approximate surface area is 99.4 Å². The van der Waals surface area contributed by atoms with Crippen molar-refractivity contribution < 1.29 is 18.3 Å². The molecule has 1 unspecified atom stereocenters. The molecule has 5 nitrogen and oxygen atoms in total. The van der Waals surface area contributed by atoms with Crippen LogP contribution in [0.3, 0.4) is 0 Å². The normalized spacial score (nSPS) is 23.2. The molecule has 0 aliphatic carbocycles. The molecule has 6 heteroatoms. The third-order valence-corrected chi connectivity index (χ3v) is 5.14. The van der Waals surface area contributed by atoms with E-state index in [0.29, 0.717) is 18.5 Å². The highest BCUT2D eigenvalue weighted by atomic mass is 32.2. The number of aromatic nitrogens is 1. The van der Waals surface area contributed by atoms with Crippen molar-refractivity contribution in [1.29, 1.82) is 0 Å². The number of carboxylic acid groups (broad SMARTS) is 1. The lowest BCUT2D eigenvalue weighted by atomic mass is 10.1. The van der Waals surface area contributed by atoms with E-state index >= 15 is 0 Å². The molecule has 2 heterocycles. The fourth-order valence-electron chi connectivity index (χ4n) is 2.01. The molecule has 0 aromatic carbocycles. The Bertz CT molecular complexity index is 521. The van der Waals surface area contributed by atoms with Gasteiger partial charge in [0.25, 0.3) is 0 Å². The molecule has 92 valence electrons. The summed E-state index contributed by atoms with van der Waals surface area (Å²) in [6.07, 6.45) is 3.35. The van der Waals surface area contributed by atoms with Crippen molar-refractivity contribution in [2.45, 2.75) is 24.5 Å². The fraction of sp³-hybridized carbons (Fsp3) is 0.455. The van der Waals surface area contributed by atoms with Crippen LogP contribution in [0, 0.1) is 0 Å². The molecule has 0 radical (unpaired) electrons. The molecule has 1 fully saturated rings. The summed E-state index contributed by atoms with van der Waals surface area (Å²) >= 11 is 0. The van der Waals surface area contributed by atoms with E-state index in [2.05, 4.69) is 4.98 Å². The van der Waals surface area contributed by atoms with Crippen LogP contribution in [0.4, 0.5) is 0 Å². The van der Waals surface area contributed by atoms with Crippen LogP contribution in [0.15, 0.2) is 18.3 Å². The third kappa shape index (κ3) is 2.46. The summed E-state index contributed by atoms with van der Waals surface area (Å²) in [5.74, 6) is -0.865. The van der Waals surface area contributed by atoms with Gasteiger partial charge in [-0.1, -0.05) is 6.42 Å². The highest BCUT2D eigenvalue weighted by Crippen LogP contribution is 2.32. The molecule has 0 saturated carbocycles. The third-order valence-electron chi connectivity index (χ3n) is 2.94. The van der Waals surface area contributed by atoms with Crippen molar-refractivity contribution in [3.63, 3.8) is 0 Å². The quantitative estimate of drug-likeness (QED) is 0.863. The zero-order valence-electron chi connectivity index (χ0n) is 9.17. The molecule has 1 aromatic rings. The van der Waals surface area contributed by atoms with E-state index in [1.54, 1.807) is 0 Å². The van der Waals surface area contributed by atoms with Gasteiger partial charge in [0.1, 0.15) is 5.25 Å². The first-order valence-electron chi connectivity index (χ1n) is 5.41. The lowest BCUT2D eigenvalue weighted by molar-refractivity contribution is 0.0696. The van der Waals surface area contributed by atoms with Gasteiger partial charge in [0.2, 0.25) is 0 Å². The number of carboxylic acids is 1. The zero-order chi connectivity index (χ0) is 12.5. The highest BCUT2D eigenvalue weighted by Gasteiger charge is 2.31. The summed E-state index contributed by atoms with van der Waals surface area (Å²) in [5, 5.41) is 8.16.